The first-order valence-corrected chi connectivity index (χ1v) is 8.30. The van der Waals surface area contributed by atoms with E-state index in [0.29, 0.717) is 19.5 Å². The van der Waals surface area contributed by atoms with Crippen molar-refractivity contribution in [1.29, 1.82) is 0 Å². The van der Waals surface area contributed by atoms with Gasteiger partial charge in [0.2, 0.25) is 5.91 Å². The Labute approximate surface area is 141 Å². The highest BCUT2D eigenvalue weighted by Crippen LogP contribution is 2.15. The van der Waals surface area contributed by atoms with E-state index in [0.717, 1.165) is 23.5 Å². The summed E-state index contributed by atoms with van der Waals surface area (Å²) in [5.74, 6) is -0.0684. The second-order valence-electron chi connectivity index (χ2n) is 6.36. The van der Waals surface area contributed by atoms with Crippen molar-refractivity contribution >= 4 is 5.91 Å². The Morgan fingerprint density at radius 1 is 1.38 bits per heavy atom. The molecular weight excluding hydrogens is 304 g/mol. The number of carbonyl (C=O) groups excluding carboxylic acids is 1. The van der Waals surface area contributed by atoms with E-state index in [-0.39, 0.29) is 11.9 Å². The molecule has 1 aromatic heterocycles. The lowest BCUT2D eigenvalue weighted by atomic mass is 10.1. The van der Waals surface area contributed by atoms with Crippen LogP contribution < -0.4 is 10.6 Å². The van der Waals surface area contributed by atoms with Crippen LogP contribution in [0.3, 0.4) is 0 Å². The van der Waals surface area contributed by atoms with E-state index in [1.165, 1.54) is 5.56 Å². The van der Waals surface area contributed by atoms with Gasteiger partial charge in [0.1, 0.15) is 0 Å². The summed E-state index contributed by atoms with van der Waals surface area (Å²) in [5, 5.41) is 20.1. The zero-order valence-corrected chi connectivity index (χ0v) is 14.1. The van der Waals surface area contributed by atoms with E-state index in [4.69, 9.17) is 0 Å². The normalized spacial score (nSPS) is 20.3. The molecule has 1 fully saturated rings. The number of aryl methyl sites for hydroxylation is 1. The molecule has 2 heterocycles. The molecule has 0 aliphatic carbocycles. The van der Waals surface area contributed by atoms with Crippen molar-refractivity contribution < 1.29 is 9.90 Å². The van der Waals surface area contributed by atoms with Gasteiger partial charge in [-0.25, -0.2) is 0 Å². The van der Waals surface area contributed by atoms with Gasteiger partial charge in [0.15, 0.2) is 0 Å². The van der Waals surface area contributed by atoms with E-state index in [9.17, 15) is 9.90 Å². The maximum atomic E-state index is 12.2. The summed E-state index contributed by atoms with van der Waals surface area (Å²) in [7, 11) is 0. The van der Waals surface area contributed by atoms with Crippen LogP contribution in [0, 0.1) is 13.8 Å². The van der Waals surface area contributed by atoms with E-state index in [2.05, 4.69) is 27.9 Å². The summed E-state index contributed by atoms with van der Waals surface area (Å²) in [4.78, 5) is 12.2. The van der Waals surface area contributed by atoms with Gasteiger partial charge >= 0.3 is 0 Å². The van der Waals surface area contributed by atoms with Gasteiger partial charge in [-0.3, -0.25) is 9.48 Å². The molecule has 0 saturated carbocycles. The number of benzene rings is 1. The molecule has 0 radical (unpaired) electrons. The Morgan fingerprint density at radius 3 is 2.79 bits per heavy atom. The minimum atomic E-state index is -0.433. The quantitative estimate of drug-likeness (QED) is 0.761. The number of aromatic nitrogens is 2. The number of amides is 1. The van der Waals surface area contributed by atoms with E-state index < -0.39 is 6.10 Å². The average molecular weight is 328 g/mol. The molecule has 2 atom stereocenters. The second-order valence-corrected chi connectivity index (χ2v) is 6.36. The highest BCUT2D eigenvalue weighted by Gasteiger charge is 2.28. The Hall–Kier alpha value is -2.18. The van der Waals surface area contributed by atoms with E-state index >= 15 is 0 Å². The predicted molar refractivity (Wildman–Crippen MR) is 91.5 cm³/mol. The number of carbonyl (C=O) groups is 1. The average Bonchev–Trinajstić information content (AvgIpc) is 3.11. The fourth-order valence-corrected chi connectivity index (χ4v) is 3.12. The third-order valence-corrected chi connectivity index (χ3v) is 4.57. The number of hydrogen-bond donors (Lipinski definition) is 3. The second kappa shape index (κ2) is 7.15. The Balaban J connectivity index is 1.65. The molecule has 1 aliphatic heterocycles. The molecule has 128 valence electrons. The third-order valence-electron chi connectivity index (χ3n) is 4.57. The number of rotatable bonds is 5. The molecule has 0 unspecified atom stereocenters. The SMILES string of the molecule is Cc1nn(Cc2ccccc2)c(C)c1CNC(=O)[C@H]1C[C@@H](O)CN1. The molecule has 3 rings (SSSR count). The van der Waals surface area contributed by atoms with Gasteiger partial charge in [0.05, 0.1) is 24.4 Å². The van der Waals surface area contributed by atoms with Crippen LogP contribution >= 0.6 is 0 Å². The molecule has 1 aliphatic rings. The molecule has 1 amide bonds. The van der Waals surface area contributed by atoms with Gasteiger partial charge in [0, 0.05) is 24.3 Å². The Kier molecular flexibility index (Phi) is 4.97. The van der Waals surface area contributed by atoms with Crippen molar-refractivity contribution in [2.24, 2.45) is 0 Å². The summed E-state index contributed by atoms with van der Waals surface area (Å²) >= 11 is 0. The zero-order valence-electron chi connectivity index (χ0n) is 14.1. The lowest BCUT2D eigenvalue weighted by Gasteiger charge is -2.11. The smallest absolute Gasteiger partial charge is 0.237 e. The lowest BCUT2D eigenvalue weighted by molar-refractivity contribution is -0.123. The molecule has 1 aromatic carbocycles. The molecule has 24 heavy (non-hydrogen) atoms. The van der Waals surface area contributed by atoms with Crippen molar-refractivity contribution in [3.63, 3.8) is 0 Å². The van der Waals surface area contributed by atoms with Crippen molar-refractivity contribution in [1.82, 2.24) is 20.4 Å². The monoisotopic (exact) mass is 328 g/mol. The Morgan fingerprint density at radius 2 is 2.12 bits per heavy atom. The largest absolute Gasteiger partial charge is 0.392 e. The zero-order chi connectivity index (χ0) is 17.1. The fraction of sp³-hybridized carbons (Fsp3) is 0.444. The first kappa shape index (κ1) is 16.7. The van der Waals surface area contributed by atoms with Crippen LogP contribution in [0.4, 0.5) is 0 Å². The number of hydrogen-bond acceptors (Lipinski definition) is 4. The maximum absolute atomic E-state index is 12.2. The van der Waals surface area contributed by atoms with Gasteiger partial charge in [-0.05, 0) is 25.8 Å². The van der Waals surface area contributed by atoms with E-state index in [1.54, 1.807) is 0 Å². The van der Waals surface area contributed by atoms with Crippen molar-refractivity contribution in [2.45, 2.75) is 45.5 Å². The highest BCUT2D eigenvalue weighted by atomic mass is 16.3. The van der Waals surface area contributed by atoms with Crippen molar-refractivity contribution in [3.8, 4) is 0 Å². The minimum absolute atomic E-state index is 0.0684. The standard InChI is InChI=1S/C18H24N4O2/c1-12-16(10-20-18(24)17-8-15(23)9-19-17)13(2)22(21-12)11-14-6-4-3-5-7-14/h3-7,15,17,19,23H,8-11H2,1-2H3,(H,20,24)/t15-,17-/m1/s1. The van der Waals surface area contributed by atoms with Crippen LogP contribution in [-0.4, -0.2) is 39.5 Å². The summed E-state index contributed by atoms with van der Waals surface area (Å²) in [5.41, 5.74) is 4.25. The molecule has 0 spiro atoms. The van der Waals surface area contributed by atoms with E-state index in [1.807, 2.05) is 36.7 Å². The van der Waals surface area contributed by atoms with Crippen molar-refractivity contribution in [3.05, 3.63) is 52.8 Å². The molecule has 2 aromatic rings. The summed E-state index contributed by atoms with van der Waals surface area (Å²) < 4.78 is 1.98. The molecule has 3 N–H and O–H groups in total. The predicted octanol–water partition coefficient (Wildman–Crippen LogP) is 0.887. The van der Waals surface area contributed by atoms with Crippen LogP contribution in [0.15, 0.2) is 30.3 Å². The lowest BCUT2D eigenvalue weighted by Crippen LogP contribution is -2.40. The van der Waals surface area contributed by atoms with Crippen LogP contribution in [0.2, 0.25) is 0 Å². The summed E-state index contributed by atoms with van der Waals surface area (Å²) in [6, 6.07) is 9.89. The van der Waals surface area contributed by atoms with Gasteiger partial charge < -0.3 is 15.7 Å². The summed E-state index contributed by atoms with van der Waals surface area (Å²) in [6.45, 7) is 5.65. The van der Waals surface area contributed by atoms with Crippen LogP contribution in [0.25, 0.3) is 0 Å². The molecule has 6 nitrogen and oxygen atoms in total. The van der Waals surface area contributed by atoms with Gasteiger partial charge in [-0.15, -0.1) is 0 Å². The van der Waals surface area contributed by atoms with Crippen LogP contribution in [0.1, 0.15) is 28.9 Å². The molecule has 1 saturated heterocycles. The van der Waals surface area contributed by atoms with Gasteiger partial charge in [-0.2, -0.15) is 5.10 Å². The Bertz CT molecular complexity index is 711. The number of β-amino-alcohol motifs (C(OH)–C–C–N with tert-alkyl or cyclic N) is 1. The highest BCUT2D eigenvalue weighted by molar-refractivity contribution is 5.82. The fourth-order valence-electron chi connectivity index (χ4n) is 3.12. The first-order valence-electron chi connectivity index (χ1n) is 8.30. The third kappa shape index (κ3) is 3.66. The topological polar surface area (TPSA) is 79.2 Å². The molecule has 0 bridgehead atoms. The van der Waals surface area contributed by atoms with Crippen LogP contribution in [0.5, 0.6) is 0 Å². The van der Waals surface area contributed by atoms with Crippen LogP contribution in [-0.2, 0) is 17.9 Å². The maximum Gasteiger partial charge on any atom is 0.237 e. The number of aliphatic hydroxyl groups excluding tert-OH is 1. The molecule has 6 heteroatoms. The number of aliphatic hydroxyl groups is 1. The first-order chi connectivity index (χ1) is 11.5. The van der Waals surface area contributed by atoms with Gasteiger partial charge in [-0.1, -0.05) is 30.3 Å². The van der Waals surface area contributed by atoms with Crippen molar-refractivity contribution in [2.75, 3.05) is 6.54 Å². The molecular formula is C18H24N4O2. The number of nitrogens with one attached hydrogen (secondary N) is 2. The number of nitrogens with zero attached hydrogens (tertiary/aromatic N) is 2. The summed E-state index contributed by atoms with van der Waals surface area (Å²) in [6.07, 6.45) is 0.0368. The minimum Gasteiger partial charge on any atom is -0.392 e. The van der Waals surface area contributed by atoms with Gasteiger partial charge in [0.25, 0.3) is 0 Å².